The first-order valence-corrected chi connectivity index (χ1v) is 10.8. The van der Waals surface area contributed by atoms with Gasteiger partial charge in [0.15, 0.2) is 0 Å². The molecule has 2 aromatic carbocycles. The van der Waals surface area contributed by atoms with Crippen molar-refractivity contribution >= 4 is 46.4 Å². The van der Waals surface area contributed by atoms with Crippen molar-refractivity contribution in [1.82, 2.24) is 0 Å². The maximum atomic E-state index is 13.5. The number of amides is 4. The summed E-state index contributed by atoms with van der Waals surface area (Å²) in [5.41, 5.74) is 13.6. The highest BCUT2D eigenvalue weighted by Crippen LogP contribution is 2.62. The van der Waals surface area contributed by atoms with Gasteiger partial charge < -0.3 is 11.5 Å². The third-order valence-corrected chi connectivity index (χ3v) is 7.73. The second-order valence-corrected chi connectivity index (χ2v) is 9.27. The quantitative estimate of drug-likeness (QED) is 0.425. The molecule has 0 aromatic heterocycles. The van der Waals surface area contributed by atoms with Crippen LogP contribution in [-0.2, 0) is 19.2 Å². The van der Waals surface area contributed by atoms with Gasteiger partial charge in [-0.3, -0.25) is 29.0 Å². The van der Waals surface area contributed by atoms with E-state index in [4.69, 9.17) is 11.5 Å². The van der Waals surface area contributed by atoms with E-state index in [1.807, 2.05) is 0 Å². The van der Waals surface area contributed by atoms with Crippen LogP contribution in [-0.4, -0.2) is 23.6 Å². The highest BCUT2D eigenvalue weighted by atomic mass is 16.2. The monoisotopic (exact) mass is 430 g/mol. The second-order valence-electron chi connectivity index (χ2n) is 9.27. The number of nitrogens with two attached hydrogens (primary N) is 2. The third-order valence-electron chi connectivity index (χ3n) is 7.73. The van der Waals surface area contributed by atoms with Gasteiger partial charge in [-0.25, -0.2) is 0 Å². The van der Waals surface area contributed by atoms with E-state index in [1.54, 1.807) is 48.5 Å². The van der Waals surface area contributed by atoms with Crippen molar-refractivity contribution in [2.24, 2.45) is 35.5 Å². The predicted octanol–water partition coefficient (Wildman–Crippen LogP) is 1.80. The largest absolute Gasteiger partial charge is 0.399 e. The molecule has 32 heavy (non-hydrogen) atoms. The number of anilines is 4. The standard InChI is InChI=1S/C24H22N4O4/c25-11-3-1-5-13(7-11)27-21(29)15-9-16(22(27)30)20-18-10-17(19(15)20)23(31)28(24(18)32)14-6-2-4-12(26)8-14/h1-8,15-20H,9-10,25-26H2. The normalized spacial score (nSPS) is 33.1. The van der Waals surface area contributed by atoms with Gasteiger partial charge in [0.2, 0.25) is 23.6 Å². The van der Waals surface area contributed by atoms with Crippen LogP contribution in [0.3, 0.4) is 0 Å². The lowest BCUT2D eigenvalue weighted by Gasteiger charge is -2.36. The summed E-state index contributed by atoms with van der Waals surface area (Å²) in [6.45, 7) is 0. The van der Waals surface area contributed by atoms with Crippen LogP contribution in [0.25, 0.3) is 0 Å². The first-order valence-electron chi connectivity index (χ1n) is 10.8. The van der Waals surface area contributed by atoms with Crippen LogP contribution in [0.4, 0.5) is 22.7 Å². The molecule has 6 rings (SSSR count). The average Bonchev–Trinajstić information content (AvgIpc) is 3.28. The molecule has 4 amide bonds. The van der Waals surface area contributed by atoms with Crippen LogP contribution >= 0.6 is 0 Å². The van der Waals surface area contributed by atoms with Crippen LogP contribution in [0.15, 0.2) is 48.5 Å². The molecule has 4 bridgehead atoms. The summed E-state index contributed by atoms with van der Waals surface area (Å²) in [6, 6.07) is 13.4. The van der Waals surface area contributed by atoms with Gasteiger partial charge in [-0.1, -0.05) is 12.1 Å². The molecular formula is C24H22N4O4. The highest BCUT2D eigenvalue weighted by Gasteiger charge is 2.68. The van der Waals surface area contributed by atoms with Crippen molar-refractivity contribution in [2.45, 2.75) is 12.8 Å². The topological polar surface area (TPSA) is 127 Å². The Hall–Kier alpha value is -3.68. The molecule has 2 aromatic rings. The summed E-state index contributed by atoms with van der Waals surface area (Å²) in [6.07, 6.45) is 0.801. The molecule has 2 aliphatic carbocycles. The Morgan fingerprint density at radius 2 is 0.938 bits per heavy atom. The molecule has 4 fully saturated rings. The molecule has 0 radical (unpaired) electrons. The summed E-state index contributed by atoms with van der Waals surface area (Å²) >= 11 is 0. The number of hydrogen-bond acceptors (Lipinski definition) is 6. The number of nitrogen functional groups attached to an aromatic ring is 2. The van der Waals surface area contributed by atoms with Gasteiger partial charge in [0.1, 0.15) is 0 Å². The molecule has 4 N–H and O–H groups in total. The smallest absolute Gasteiger partial charge is 0.237 e. The molecular weight excluding hydrogens is 408 g/mol. The van der Waals surface area contributed by atoms with E-state index >= 15 is 0 Å². The lowest BCUT2D eigenvalue weighted by atomic mass is 9.82. The second kappa shape index (κ2) is 6.41. The van der Waals surface area contributed by atoms with E-state index < -0.39 is 23.7 Å². The molecule has 162 valence electrons. The third kappa shape index (κ3) is 2.37. The van der Waals surface area contributed by atoms with E-state index in [0.717, 1.165) is 0 Å². The highest BCUT2D eigenvalue weighted by molar-refractivity contribution is 6.22. The van der Waals surface area contributed by atoms with Crippen molar-refractivity contribution in [1.29, 1.82) is 0 Å². The Kier molecular flexibility index (Phi) is 3.82. The van der Waals surface area contributed by atoms with Gasteiger partial charge >= 0.3 is 0 Å². The number of fused-ring (bicyclic) bond motifs is 9. The van der Waals surface area contributed by atoms with Crippen molar-refractivity contribution in [3.8, 4) is 0 Å². The first kappa shape index (κ1) is 19.0. The molecule has 0 spiro atoms. The van der Waals surface area contributed by atoms with Crippen LogP contribution in [0, 0.1) is 35.5 Å². The van der Waals surface area contributed by atoms with E-state index in [9.17, 15) is 19.2 Å². The summed E-state index contributed by atoms with van der Waals surface area (Å²) < 4.78 is 0. The number of rotatable bonds is 2. The zero-order chi connectivity index (χ0) is 22.3. The summed E-state index contributed by atoms with van der Waals surface area (Å²) in [7, 11) is 0. The fraction of sp³-hybridized carbons (Fsp3) is 0.333. The van der Waals surface area contributed by atoms with Gasteiger partial charge in [0.25, 0.3) is 0 Å². The molecule has 4 atom stereocenters. The van der Waals surface area contributed by atoms with Crippen molar-refractivity contribution in [2.75, 3.05) is 21.3 Å². The van der Waals surface area contributed by atoms with Gasteiger partial charge in [-0.05, 0) is 61.1 Å². The Balaban J connectivity index is 1.40. The molecule has 8 heteroatoms. The lowest BCUT2D eigenvalue weighted by molar-refractivity contribution is -0.136. The Labute approximate surface area is 184 Å². The SMILES string of the molecule is Nc1cccc(N2C(=O)C3CC(C2=O)C2C4CC(C(=O)N(c5cccc(N)c5)C4=O)C32)c1. The van der Waals surface area contributed by atoms with Crippen LogP contribution in [0.5, 0.6) is 0 Å². The number of piperidine rings is 2. The lowest BCUT2D eigenvalue weighted by Crippen LogP contribution is -2.52. The molecule has 2 saturated heterocycles. The minimum Gasteiger partial charge on any atom is -0.399 e. The van der Waals surface area contributed by atoms with Gasteiger partial charge in [0, 0.05) is 35.0 Å². The average molecular weight is 430 g/mol. The predicted molar refractivity (Wildman–Crippen MR) is 117 cm³/mol. The fourth-order valence-corrected chi connectivity index (χ4v) is 6.59. The minimum absolute atomic E-state index is 0.298. The maximum absolute atomic E-state index is 13.5. The van der Waals surface area contributed by atoms with E-state index in [-0.39, 0.29) is 35.5 Å². The maximum Gasteiger partial charge on any atom is 0.237 e. The van der Waals surface area contributed by atoms with Crippen molar-refractivity contribution in [3.63, 3.8) is 0 Å². The number of benzene rings is 2. The molecule has 2 heterocycles. The summed E-state index contributed by atoms with van der Waals surface area (Å²) in [5.74, 6) is -3.66. The number of hydrogen-bond donors (Lipinski definition) is 2. The Morgan fingerprint density at radius 1 is 0.594 bits per heavy atom. The number of nitrogens with zero attached hydrogens (tertiary/aromatic N) is 2. The van der Waals surface area contributed by atoms with Gasteiger partial charge in [-0.15, -0.1) is 0 Å². The Bertz CT molecular complexity index is 1070. The van der Waals surface area contributed by atoms with Crippen LogP contribution in [0.2, 0.25) is 0 Å². The van der Waals surface area contributed by atoms with Crippen LogP contribution < -0.4 is 21.3 Å². The van der Waals surface area contributed by atoms with Gasteiger partial charge in [0.05, 0.1) is 11.4 Å². The number of carbonyl (C=O) groups excluding carboxylic acids is 4. The van der Waals surface area contributed by atoms with Crippen LogP contribution in [0.1, 0.15) is 12.8 Å². The van der Waals surface area contributed by atoms with Crippen molar-refractivity contribution in [3.05, 3.63) is 48.5 Å². The van der Waals surface area contributed by atoms with E-state index in [2.05, 4.69) is 0 Å². The first-order chi connectivity index (χ1) is 15.4. The van der Waals surface area contributed by atoms with E-state index in [1.165, 1.54) is 9.80 Å². The summed E-state index contributed by atoms with van der Waals surface area (Å²) in [4.78, 5) is 56.3. The minimum atomic E-state index is -0.461. The zero-order valence-corrected chi connectivity index (χ0v) is 17.2. The van der Waals surface area contributed by atoms with Crippen molar-refractivity contribution < 1.29 is 19.2 Å². The molecule has 4 unspecified atom stereocenters. The molecule has 2 saturated carbocycles. The molecule has 8 nitrogen and oxygen atoms in total. The Morgan fingerprint density at radius 3 is 1.25 bits per heavy atom. The van der Waals surface area contributed by atoms with Gasteiger partial charge in [-0.2, -0.15) is 0 Å². The summed E-state index contributed by atoms with van der Waals surface area (Å²) in [5, 5.41) is 0. The fourth-order valence-electron chi connectivity index (χ4n) is 6.59. The number of carbonyl (C=O) groups is 4. The number of imide groups is 2. The molecule has 2 aliphatic heterocycles. The van der Waals surface area contributed by atoms with E-state index in [0.29, 0.717) is 35.6 Å². The zero-order valence-electron chi connectivity index (χ0n) is 17.2. The molecule has 4 aliphatic rings.